The molecule has 2 unspecified atom stereocenters. The summed E-state index contributed by atoms with van der Waals surface area (Å²) in [4.78, 5) is 52.5. The van der Waals surface area contributed by atoms with E-state index < -0.39 is 5.97 Å². The highest BCUT2D eigenvalue weighted by molar-refractivity contribution is 6.28. The zero-order chi connectivity index (χ0) is 34.7. The minimum Gasteiger partial charge on any atom is -0.462 e. The van der Waals surface area contributed by atoms with Crippen LogP contribution in [0.1, 0.15) is 71.1 Å². The van der Waals surface area contributed by atoms with Crippen LogP contribution in [0.5, 0.6) is 0 Å². The van der Waals surface area contributed by atoms with Gasteiger partial charge in [0.2, 0.25) is 17.2 Å². The van der Waals surface area contributed by atoms with Crippen molar-refractivity contribution in [3.63, 3.8) is 0 Å². The maximum Gasteiger partial charge on any atom is 0.341 e. The minimum absolute atomic E-state index is 0.0222. The third kappa shape index (κ3) is 7.84. The molecule has 13 nitrogen and oxygen atoms in total. The van der Waals surface area contributed by atoms with E-state index in [0.29, 0.717) is 35.7 Å². The summed E-state index contributed by atoms with van der Waals surface area (Å²) in [5.41, 5.74) is 3.74. The number of hydrogen-bond donors (Lipinski definition) is 1. The molecule has 48 heavy (non-hydrogen) atoms. The fraction of sp³-hybridized carbons (Fsp3) is 0.588. The van der Waals surface area contributed by atoms with Crippen molar-refractivity contribution in [1.29, 1.82) is 0 Å². The topological polar surface area (TPSA) is 157 Å². The van der Waals surface area contributed by atoms with E-state index in [1.807, 2.05) is 13.8 Å². The first-order chi connectivity index (χ1) is 23.0. The zero-order valence-electron chi connectivity index (χ0n) is 28.7. The molecule has 4 fully saturated rings. The molecule has 6 atom stereocenters. The van der Waals surface area contributed by atoms with Crippen molar-refractivity contribution in [3.05, 3.63) is 57.6 Å². The molecule has 1 N–H and O–H groups in total. The number of aromatic nitrogens is 6. The number of piperidine rings is 2. The summed E-state index contributed by atoms with van der Waals surface area (Å²) < 4.78 is 9.77. The summed E-state index contributed by atoms with van der Waals surface area (Å²) in [6.45, 7) is 18.6. The van der Waals surface area contributed by atoms with Crippen LogP contribution >= 0.6 is 11.6 Å². The van der Waals surface area contributed by atoms with Crippen molar-refractivity contribution in [3.8, 4) is 0 Å². The predicted octanol–water partition coefficient (Wildman–Crippen LogP) is 4.26. The quantitative estimate of drug-likeness (QED) is 0.279. The van der Waals surface area contributed by atoms with Gasteiger partial charge in [0.15, 0.2) is 0 Å². The summed E-state index contributed by atoms with van der Waals surface area (Å²) in [6, 6.07) is 0. The highest BCUT2D eigenvalue weighted by atomic mass is 35.5. The number of carbonyl (C=O) groups is 2. The zero-order valence-corrected chi connectivity index (χ0v) is 29.4. The van der Waals surface area contributed by atoms with Crippen molar-refractivity contribution in [1.82, 2.24) is 29.9 Å². The summed E-state index contributed by atoms with van der Waals surface area (Å²) in [5, 5.41) is 9.20. The third-order valence-corrected chi connectivity index (χ3v) is 10.1. The Morgan fingerprint density at radius 1 is 0.729 bits per heavy atom. The molecule has 2 saturated carbocycles. The Kier molecular flexibility index (Phi) is 11.1. The number of aliphatic hydroxyl groups is 1. The van der Waals surface area contributed by atoms with Crippen molar-refractivity contribution < 1.29 is 24.2 Å². The summed E-state index contributed by atoms with van der Waals surface area (Å²) in [6.07, 6.45) is 4.69. The van der Waals surface area contributed by atoms with E-state index in [9.17, 15) is 9.59 Å². The van der Waals surface area contributed by atoms with E-state index in [4.69, 9.17) is 26.2 Å². The monoisotopic (exact) mass is 680 g/mol. The molecule has 2 aliphatic carbocycles. The highest BCUT2D eigenvalue weighted by Gasteiger charge is 2.54. The first-order valence-corrected chi connectivity index (χ1v) is 16.9. The number of carbonyl (C=O) groups excluding carboxylic acids is 2. The van der Waals surface area contributed by atoms with Crippen molar-refractivity contribution in [2.24, 2.45) is 35.5 Å². The summed E-state index contributed by atoms with van der Waals surface area (Å²) in [7, 11) is 0. The van der Waals surface area contributed by atoms with Crippen molar-refractivity contribution >= 4 is 35.4 Å². The number of hydrogen-bond acceptors (Lipinski definition) is 13. The van der Waals surface area contributed by atoms with Crippen LogP contribution in [0, 0.1) is 56.3 Å². The van der Waals surface area contributed by atoms with Crippen LogP contribution < -0.4 is 9.80 Å². The Morgan fingerprint density at radius 3 is 1.54 bits per heavy atom. The van der Waals surface area contributed by atoms with Gasteiger partial charge in [-0.15, -0.1) is 0 Å². The lowest BCUT2D eigenvalue weighted by Gasteiger charge is -2.19. The average molecular weight is 681 g/mol. The van der Waals surface area contributed by atoms with E-state index in [-0.39, 0.29) is 17.9 Å². The number of aryl methyl sites for hydroxylation is 3. The summed E-state index contributed by atoms with van der Waals surface area (Å²) >= 11 is 5.52. The Balaban J connectivity index is 0.000000144. The van der Waals surface area contributed by atoms with Gasteiger partial charge in [0.25, 0.3) is 0 Å². The first-order valence-electron chi connectivity index (χ1n) is 16.6. The van der Waals surface area contributed by atoms with E-state index >= 15 is 0 Å². The Bertz CT molecular complexity index is 1620. The van der Waals surface area contributed by atoms with Crippen LogP contribution in [-0.2, 0) is 16.1 Å². The second kappa shape index (κ2) is 15.1. The Labute approximate surface area is 286 Å². The summed E-state index contributed by atoms with van der Waals surface area (Å²) in [5.74, 6) is 5.91. The molecule has 5 heterocycles. The maximum atomic E-state index is 11.7. The van der Waals surface area contributed by atoms with Gasteiger partial charge in [-0.25, -0.2) is 39.5 Å². The van der Waals surface area contributed by atoms with Crippen LogP contribution in [0.4, 0.5) is 11.9 Å². The van der Waals surface area contributed by atoms with E-state index in [1.165, 1.54) is 6.20 Å². The van der Waals surface area contributed by atoms with Crippen LogP contribution in [0.25, 0.3) is 0 Å². The molecule has 3 aromatic heterocycles. The predicted molar refractivity (Wildman–Crippen MR) is 180 cm³/mol. The van der Waals surface area contributed by atoms with Crippen molar-refractivity contribution in [2.75, 3.05) is 49.2 Å². The molecule has 2 aliphatic heterocycles. The second-order valence-electron chi connectivity index (χ2n) is 12.9. The highest BCUT2D eigenvalue weighted by Crippen LogP contribution is 2.52. The van der Waals surface area contributed by atoms with Gasteiger partial charge in [0.05, 0.1) is 42.3 Å². The molecule has 7 rings (SSSR count). The van der Waals surface area contributed by atoms with E-state index in [0.717, 1.165) is 84.8 Å². The van der Waals surface area contributed by atoms with E-state index in [1.54, 1.807) is 33.2 Å². The van der Waals surface area contributed by atoms with Gasteiger partial charge in [-0.2, -0.15) is 0 Å². The molecule has 0 amide bonds. The van der Waals surface area contributed by atoms with Gasteiger partial charge in [0, 0.05) is 56.0 Å². The number of anilines is 2. The molecule has 0 spiro atoms. The minimum atomic E-state index is -0.420. The Morgan fingerprint density at radius 2 is 1.15 bits per heavy atom. The standard InChI is InChI=1S/C14H19N3O2.C12H17N3O.C8H9ClN2O2/c1-4-19-13(18)10-5-15-14(16-9(10)3)17-6-11-8(2)12(11)7-17;1-7-10-4-15(5-11(7)10)12-13-3-9(6-16)8(2)14-12;1-3-13-7(12)6-4-10-8(9)11-5(6)2/h5,8,11-12H,4,6-7H2,1-3H3;3,7,10-11,16H,4-6H2,1-2H3;4H,3H2,1-2H3/t8?,11-,12+;7?,10-,11+;. The molecule has 14 heteroatoms. The van der Waals surface area contributed by atoms with Gasteiger partial charge in [-0.1, -0.05) is 13.8 Å². The average Bonchev–Trinajstić information content (AvgIpc) is 3.62. The molecular formula is C34H45ClN8O5. The maximum absolute atomic E-state index is 11.7. The molecule has 4 aliphatic rings. The number of rotatable bonds is 7. The number of halogens is 1. The lowest BCUT2D eigenvalue weighted by molar-refractivity contribution is 0.0514. The fourth-order valence-corrected chi connectivity index (χ4v) is 6.80. The molecular weight excluding hydrogens is 636 g/mol. The van der Waals surface area contributed by atoms with Gasteiger partial charge >= 0.3 is 11.9 Å². The largest absolute Gasteiger partial charge is 0.462 e. The van der Waals surface area contributed by atoms with Crippen LogP contribution in [0.2, 0.25) is 5.28 Å². The lowest BCUT2D eigenvalue weighted by atomic mass is 10.2. The number of esters is 2. The Hall–Kier alpha value is -3.97. The number of aliphatic hydroxyl groups excluding tert-OH is 1. The molecule has 2 saturated heterocycles. The number of fused-ring (bicyclic) bond motifs is 2. The van der Waals surface area contributed by atoms with Gasteiger partial charge in [-0.05, 0) is 81.7 Å². The van der Waals surface area contributed by atoms with Gasteiger partial charge in [0.1, 0.15) is 0 Å². The van der Waals surface area contributed by atoms with Gasteiger partial charge in [-0.3, -0.25) is 0 Å². The molecule has 0 bridgehead atoms. The fourth-order valence-electron chi connectivity index (χ4n) is 6.63. The number of nitrogens with zero attached hydrogens (tertiary/aromatic N) is 8. The SMILES string of the molecule is CCOC(=O)c1cnc(Cl)nc1C.CCOC(=O)c1cnc(N2C[C@@H]3C(C)[C@@H]3C2)nc1C.Cc1nc(N2C[C@@H]3C(C)[C@@H]3C2)ncc1CO. The first kappa shape index (κ1) is 35.3. The van der Waals surface area contributed by atoms with Gasteiger partial charge < -0.3 is 24.4 Å². The smallest absolute Gasteiger partial charge is 0.341 e. The molecule has 258 valence electrons. The molecule has 0 radical (unpaired) electrons. The van der Waals surface area contributed by atoms with E-state index in [2.05, 4.69) is 53.6 Å². The lowest BCUT2D eigenvalue weighted by Crippen LogP contribution is -2.26. The molecule has 0 aromatic carbocycles. The third-order valence-electron chi connectivity index (χ3n) is 9.96. The normalized spacial score (nSPS) is 24.4. The second-order valence-corrected chi connectivity index (χ2v) is 13.2. The van der Waals surface area contributed by atoms with Crippen LogP contribution in [0.3, 0.4) is 0 Å². The number of ether oxygens (including phenoxy) is 2. The van der Waals surface area contributed by atoms with Crippen molar-refractivity contribution in [2.45, 2.75) is 55.1 Å². The van der Waals surface area contributed by atoms with Crippen LogP contribution in [0.15, 0.2) is 18.6 Å². The molecule has 3 aromatic rings. The van der Waals surface area contributed by atoms with Crippen LogP contribution in [-0.4, -0.2) is 86.3 Å².